The van der Waals surface area contributed by atoms with Crippen LogP contribution in [-0.4, -0.2) is 5.54 Å². The highest BCUT2D eigenvalue weighted by Crippen LogP contribution is 2.28. The minimum absolute atomic E-state index is 0.137. The Hall–Kier alpha value is -0.500. The second-order valence-corrected chi connectivity index (χ2v) is 3.42. The molecule has 10 heavy (non-hydrogen) atoms. The SMILES string of the molecule is CC1=C(N)CCCC1(C)N. The third-order valence-corrected chi connectivity index (χ3v) is 2.48. The lowest BCUT2D eigenvalue weighted by Crippen LogP contribution is -2.41. The van der Waals surface area contributed by atoms with Crippen molar-refractivity contribution in [1.82, 2.24) is 0 Å². The van der Waals surface area contributed by atoms with Gasteiger partial charge in [-0.15, -0.1) is 0 Å². The first kappa shape index (κ1) is 7.61. The summed E-state index contributed by atoms with van der Waals surface area (Å²) in [5.41, 5.74) is 13.8. The lowest BCUT2D eigenvalue weighted by molar-refractivity contribution is 0.450. The Balaban J connectivity index is 2.89. The summed E-state index contributed by atoms with van der Waals surface area (Å²) >= 11 is 0. The van der Waals surface area contributed by atoms with Crippen molar-refractivity contribution in [3.8, 4) is 0 Å². The summed E-state index contributed by atoms with van der Waals surface area (Å²) in [6.45, 7) is 4.09. The first-order valence-corrected chi connectivity index (χ1v) is 3.78. The Kier molecular flexibility index (Phi) is 1.73. The zero-order valence-electron chi connectivity index (χ0n) is 6.78. The molecule has 0 amide bonds. The van der Waals surface area contributed by atoms with Crippen LogP contribution in [0.4, 0.5) is 0 Å². The molecule has 0 saturated carbocycles. The fourth-order valence-corrected chi connectivity index (χ4v) is 1.39. The van der Waals surface area contributed by atoms with Gasteiger partial charge in [0.1, 0.15) is 0 Å². The van der Waals surface area contributed by atoms with Crippen molar-refractivity contribution in [1.29, 1.82) is 0 Å². The van der Waals surface area contributed by atoms with Crippen LogP contribution in [-0.2, 0) is 0 Å². The average molecular weight is 140 g/mol. The van der Waals surface area contributed by atoms with Crippen LogP contribution in [0, 0.1) is 0 Å². The number of rotatable bonds is 0. The molecule has 1 aliphatic carbocycles. The molecule has 0 saturated heterocycles. The first-order chi connectivity index (χ1) is 4.54. The monoisotopic (exact) mass is 140 g/mol. The standard InChI is InChI=1S/C8H16N2/c1-6-7(9)4-3-5-8(6,2)10/h3-5,9-10H2,1-2H3. The Morgan fingerprint density at radius 1 is 1.50 bits per heavy atom. The molecule has 0 fully saturated rings. The molecule has 0 bridgehead atoms. The normalized spacial score (nSPS) is 34.7. The van der Waals surface area contributed by atoms with E-state index in [9.17, 15) is 0 Å². The highest BCUT2D eigenvalue weighted by atomic mass is 14.8. The summed E-state index contributed by atoms with van der Waals surface area (Å²) in [6, 6.07) is 0. The van der Waals surface area contributed by atoms with Crippen LogP contribution < -0.4 is 11.5 Å². The zero-order valence-corrected chi connectivity index (χ0v) is 6.78. The number of allylic oxidation sites excluding steroid dienone is 1. The Morgan fingerprint density at radius 3 is 2.50 bits per heavy atom. The van der Waals surface area contributed by atoms with Crippen molar-refractivity contribution in [2.45, 2.75) is 38.6 Å². The van der Waals surface area contributed by atoms with E-state index in [0.717, 1.165) is 25.0 Å². The van der Waals surface area contributed by atoms with Gasteiger partial charge in [-0.2, -0.15) is 0 Å². The van der Waals surface area contributed by atoms with Crippen molar-refractivity contribution in [2.75, 3.05) is 0 Å². The van der Waals surface area contributed by atoms with Gasteiger partial charge in [0, 0.05) is 11.2 Å². The predicted molar refractivity (Wildman–Crippen MR) is 43.3 cm³/mol. The van der Waals surface area contributed by atoms with Crippen LogP contribution in [0.15, 0.2) is 11.3 Å². The van der Waals surface area contributed by atoms with Gasteiger partial charge in [-0.3, -0.25) is 0 Å². The van der Waals surface area contributed by atoms with Crippen LogP contribution >= 0.6 is 0 Å². The summed E-state index contributed by atoms with van der Waals surface area (Å²) in [5, 5.41) is 0. The average Bonchev–Trinajstić information content (AvgIpc) is 1.83. The minimum atomic E-state index is -0.137. The van der Waals surface area contributed by atoms with E-state index in [-0.39, 0.29) is 5.54 Å². The molecular weight excluding hydrogens is 124 g/mol. The van der Waals surface area contributed by atoms with Crippen molar-refractivity contribution in [2.24, 2.45) is 11.5 Å². The smallest absolute Gasteiger partial charge is 0.0357 e. The van der Waals surface area contributed by atoms with Crippen molar-refractivity contribution in [3.05, 3.63) is 11.3 Å². The highest BCUT2D eigenvalue weighted by Gasteiger charge is 2.25. The number of hydrogen-bond donors (Lipinski definition) is 2. The topological polar surface area (TPSA) is 52.0 Å². The van der Waals surface area contributed by atoms with Crippen LogP contribution in [0.2, 0.25) is 0 Å². The molecule has 0 heterocycles. The van der Waals surface area contributed by atoms with Gasteiger partial charge >= 0.3 is 0 Å². The molecular formula is C8H16N2. The molecule has 2 heteroatoms. The molecule has 0 spiro atoms. The molecule has 1 aliphatic rings. The second kappa shape index (κ2) is 2.27. The molecule has 0 aromatic rings. The van der Waals surface area contributed by atoms with Crippen LogP contribution in [0.1, 0.15) is 33.1 Å². The molecule has 58 valence electrons. The van der Waals surface area contributed by atoms with E-state index in [0.29, 0.717) is 0 Å². The Bertz CT molecular complexity index is 168. The molecule has 1 atom stereocenters. The molecule has 2 nitrogen and oxygen atoms in total. The van der Waals surface area contributed by atoms with Gasteiger partial charge in [0.15, 0.2) is 0 Å². The maximum absolute atomic E-state index is 5.97. The summed E-state index contributed by atoms with van der Waals surface area (Å²) < 4.78 is 0. The zero-order chi connectivity index (χ0) is 7.78. The third kappa shape index (κ3) is 1.16. The molecule has 0 aromatic carbocycles. The molecule has 4 N–H and O–H groups in total. The van der Waals surface area contributed by atoms with Gasteiger partial charge in [-0.1, -0.05) is 0 Å². The van der Waals surface area contributed by atoms with Crippen molar-refractivity contribution >= 4 is 0 Å². The summed E-state index contributed by atoms with van der Waals surface area (Å²) in [7, 11) is 0. The first-order valence-electron chi connectivity index (χ1n) is 3.78. The van der Waals surface area contributed by atoms with E-state index < -0.39 is 0 Å². The van der Waals surface area contributed by atoms with Crippen molar-refractivity contribution in [3.63, 3.8) is 0 Å². The number of nitrogens with two attached hydrogens (primary N) is 2. The maximum Gasteiger partial charge on any atom is 0.0357 e. The van der Waals surface area contributed by atoms with E-state index in [1.54, 1.807) is 0 Å². The highest BCUT2D eigenvalue weighted by molar-refractivity contribution is 5.23. The minimum Gasteiger partial charge on any atom is -0.402 e. The van der Waals surface area contributed by atoms with Crippen LogP contribution in [0.5, 0.6) is 0 Å². The molecule has 0 aliphatic heterocycles. The maximum atomic E-state index is 5.97. The van der Waals surface area contributed by atoms with Gasteiger partial charge < -0.3 is 11.5 Å². The molecule has 1 unspecified atom stereocenters. The lowest BCUT2D eigenvalue weighted by atomic mass is 9.82. The Labute approximate surface area is 62.3 Å². The lowest BCUT2D eigenvalue weighted by Gasteiger charge is -2.31. The van der Waals surface area contributed by atoms with Gasteiger partial charge in [-0.25, -0.2) is 0 Å². The van der Waals surface area contributed by atoms with E-state index in [1.165, 1.54) is 5.57 Å². The predicted octanol–water partition coefficient (Wildman–Crippen LogP) is 1.12. The third-order valence-electron chi connectivity index (χ3n) is 2.48. The fourth-order valence-electron chi connectivity index (χ4n) is 1.39. The van der Waals surface area contributed by atoms with E-state index in [4.69, 9.17) is 11.5 Å². The van der Waals surface area contributed by atoms with E-state index in [2.05, 4.69) is 0 Å². The van der Waals surface area contributed by atoms with Crippen molar-refractivity contribution < 1.29 is 0 Å². The summed E-state index contributed by atoms with van der Waals surface area (Å²) in [5.74, 6) is 0. The molecule has 0 aromatic heterocycles. The van der Waals surface area contributed by atoms with Crippen LogP contribution in [0.3, 0.4) is 0 Å². The molecule has 1 rings (SSSR count). The molecule has 0 radical (unpaired) electrons. The van der Waals surface area contributed by atoms with Gasteiger partial charge in [-0.05, 0) is 38.7 Å². The largest absolute Gasteiger partial charge is 0.402 e. The second-order valence-electron chi connectivity index (χ2n) is 3.42. The van der Waals surface area contributed by atoms with Gasteiger partial charge in [0.05, 0.1) is 0 Å². The quantitative estimate of drug-likeness (QED) is 0.529. The van der Waals surface area contributed by atoms with E-state index in [1.807, 2.05) is 13.8 Å². The summed E-state index contributed by atoms with van der Waals surface area (Å²) in [4.78, 5) is 0. The number of hydrogen-bond acceptors (Lipinski definition) is 2. The van der Waals surface area contributed by atoms with Crippen LogP contribution in [0.25, 0.3) is 0 Å². The fraction of sp³-hybridized carbons (Fsp3) is 0.750. The Morgan fingerprint density at radius 2 is 2.10 bits per heavy atom. The summed E-state index contributed by atoms with van der Waals surface area (Å²) in [6.07, 6.45) is 3.23. The van der Waals surface area contributed by atoms with Gasteiger partial charge in [0.2, 0.25) is 0 Å². The van der Waals surface area contributed by atoms with E-state index >= 15 is 0 Å². The van der Waals surface area contributed by atoms with Gasteiger partial charge in [0.25, 0.3) is 0 Å².